The van der Waals surface area contributed by atoms with Crippen molar-refractivity contribution in [1.29, 1.82) is 0 Å². The van der Waals surface area contributed by atoms with E-state index in [1.165, 1.54) is 11.1 Å². The highest BCUT2D eigenvalue weighted by Crippen LogP contribution is 2.65. The largest absolute Gasteiger partial charge is 0.497 e. The Labute approximate surface area is 189 Å². The summed E-state index contributed by atoms with van der Waals surface area (Å²) in [6.07, 6.45) is 0. The first kappa shape index (κ1) is 20.5. The maximum atomic E-state index is 15.3. The SMILES string of the molecule is COc1ccc2c(c1)P(=O)(c1ccccc1)C(c1ccc(C)cc1)=C2c1ccc(C)cc1. The third-order valence-corrected chi connectivity index (χ3v) is 9.34. The quantitative estimate of drug-likeness (QED) is 0.339. The van der Waals surface area contributed by atoms with Crippen molar-refractivity contribution in [3.8, 4) is 5.75 Å². The molecule has 0 bridgehead atoms. The highest BCUT2D eigenvalue weighted by molar-refractivity contribution is 7.88. The second-order valence-corrected chi connectivity index (χ2v) is 10.9. The average Bonchev–Trinajstić information content (AvgIpc) is 3.10. The zero-order chi connectivity index (χ0) is 22.3. The van der Waals surface area contributed by atoms with E-state index in [1.807, 2.05) is 42.5 Å². The minimum atomic E-state index is -3.13. The Kier molecular flexibility index (Phi) is 5.12. The number of ether oxygens (including phenoxy) is 1. The molecule has 0 saturated carbocycles. The molecular weight excluding hydrogens is 411 g/mol. The third kappa shape index (κ3) is 3.23. The van der Waals surface area contributed by atoms with Crippen LogP contribution in [0.4, 0.5) is 0 Å². The second kappa shape index (κ2) is 7.97. The molecule has 3 heteroatoms. The van der Waals surface area contributed by atoms with Crippen molar-refractivity contribution in [2.45, 2.75) is 13.8 Å². The highest BCUT2D eigenvalue weighted by atomic mass is 31.2. The van der Waals surface area contributed by atoms with Gasteiger partial charge in [0.15, 0.2) is 7.14 Å². The van der Waals surface area contributed by atoms with Gasteiger partial charge in [-0.3, -0.25) is 0 Å². The zero-order valence-electron chi connectivity index (χ0n) is 18.5. The summed E-state index contributed by atoms with van der Waals surface area (Å²) in [6.45, 7) is 4.16. The molecule has 0 aromatic heterocycles. The van der Waals surface area contributed by atoms with Gasteiger partial charge in [-0.15, -0.1) is 0 Å². The van der Waals surface area contributed by atoms with Gasteiger partial charge in [0.2, 0.25) is 0 Å². The number of rotatable bonds is 4. The summed E-state index contributed by atoms with van der Waals surface area (Å²) in [5.74, 6) is 0.716. The molecule has 0 radical (unpaired) electrons. The van der Waals surface area contributed by atoms with Crippen LogP contribution in [-0.4, -0.2) is 7.11 Å². The molecule has 0 aliphatic carbocycles. The van der Waals surface area contributed by atoms with Gasteiger partial charge in [0.05, 0.1) is 7.11 Å². The first-order valence-electron chi connectivity index (χ1n) is 10.8. The lowest BCUT2D eigenvalue weighted by Gasteiger charge is -2.20. The van der Waals surface area contributed by atoms with Crippen molar-refractivity contribution >= 4 is 28.6 Å². The van der Waals surface area contributed by atoms with Crippen LogP contribution in [0.1, 0.15) is 27.8 Å². The first-order chi connectivity index (χ1) is 15.5. The van der Waals surface area contributed by atoms with E-state index in [-0.39, 0.29) is 0 Å². The summed E-state index contributed by atoms with van der Waals surface area (Å²) < 4.78 is 20.8. The summed E-state index contributed by atoms with van der Waals surface area (Å²) in [5.41, 5.74) is 6.50. The molecule has 0 N–H and O–H groups in total. The van der Waals surface area contributed by atoms with Crippen molar-refractivity contribution in [3.63, 3.8) is 0 Å². The maximum absolute atomic E-state index is 15.3. The minimum Gasteiger partial charge on any atom is -0.497 e. The van der Waals surface area contributed by atoms with E-state index in [0.29, 0.717) is 5.75 Å². The predicted molar refractivity (Wildman–Crippen MR) is 135 cm³/mol. The van der Waals surface area contributed by atoms with Crippen molar-refractivity contribution in [1.82, 2.24) is 0 Å². The Bertz CT molecular complexity index is 1370. The van der Waals surface area contributed by atoms with Crippen molar-refractivity contribution < 1.29 is 9.30 Å². The molecule has 2 nitrogen and oxygen atoms in total. The Morgan fingerprint density at radius 2 is 1.28 bits per heavy atom. The molecule has 0 fully saturated rings. The lowest BCUT2D eigenvalue weighted by atomic mass is 9.95. The van der Waals surface area contributed by atoms with E-state index in [4.69, 9.17) is 4.74 Å². The number of methoxy groups -OCH3 is 1. The number of hydrogen-bond donors (Lipinski definition) is 0. The van der Waals surface area contributed by atoms with Gasteiger partial charge in [-0.1, -0.05) is 90.0 Å². The van der Waals surface area contributed by atoms with Crippen molar-refractivity contribution in [3.05, 3.63) is 125 Å². The molecule has 158 valence electrons. The summed E-state index contributed by atoms with van der Waals surface area (Å²) in [5, 5.41) is 2.58. The van der Waals surface area contributed by atoms with E-state index in [1.54, 1.807) is 7.11 Å². The molecular formula is C29H25O2P. The van der Waals surface area contributed by atoms with E-state index >= 15 is 4.57 Å². The van der Waals surface area contributed by atoms with Crippen molar-refractivity contribution in [2.24, 2.45) is 0 Å². The molecule has 32 heavy (non-hydrogen) atoms. The molecule has 4 aromatic rings. The molecule has 0 saturated heterocycles. The topological polar surface area (TPSA) is 26.3 Å². The zero-order valence-corrected chi connectivity index (χ0v) is 19.4. The van der Waals surface area contributed by atoms with Crippen LogP contribution in [0.15, 0.2) is 97.1 Å². The lowest BCUT2D eigenvalue weighted by molar-refractivity contribution is 0.415. The van der Waals surface area contributed by atoms with Crippen LogP contribution in [0.3, 0.4) is 0 Å². The van der Waals surface area contributed by atoms with E-state index in [2.05, 4.69) is 68.4 Å². The molecule has 1 aliphatic heterocycles. The number of hydrogen-bond acceptors (Lipinski definition) is 2. The smallest absolute Gasteiger partial charge is 0.172 e. The normalized spacial score (nSPS) is 17.3. The lowest BCUT2D eigenvalue weighted by Crippen LogP contribution is -2.15. The summed E-state index contributed by atoms with van der Waals surface area (Å²) in [4.78, 5) is 0. The third-order valence-electron chi connectivity index (χ3n) is 6.15. The van der Waals surface area contributed by atoms with Gasteiger partial charge in [-0.25, -0.2) is 0 Å². The molecule has 1 atom stereocenters. The van der Waals surface area contributed by atoms with Gasteiger partial charge in [0, 0.05) is 21.5 Å². The van der Waals surface area contributed by atoms with Crippen LogP contribution in [0, 0.1) is 13.8 Å². The van der Waals surface area contributed by atoms with Gasteiger partial charge < -0.3 is 9.30 Å². The van der Waals surface area contributed by atoms with Gasteiger partial charge in [-0.2, -0.15) is 0 Å². The van der Waals surface area contributed by atoms with Crippen LogP contribution in [0.5, 0.6) is 5.75 Å². The molecule has 0 spiro atoms. The Balaban J connectivity index is 1.92. The van der Waals surface area contributed by atoms with E-state index in [9.17, 15) is 0 Å². The summed E-state index contributed by atoms with van der Waals surface area (Å²) in [7, 11) is -1.48. The fourth-order valence-electron chi connectivity index (χ4n) is 4.47. The molecule has 0 amide bonds. The predicted octanol–water partition coefficient (Wildman–Crippen LogP) is 6.56. The molecule has 1 heterocycles. The number of fused-ring (bicyclic) bond motifs is 1. The summed E-state index contributed by atoms with van der Waals surface area (Å²) in [6, 6.07) is 32.7. The van der Waals surface area contributed by atoms with Gasteiger partial charge in [0.1, 0.15) is 5.75 Å². The molecule has 1 unspecified atom stereocenters. The second-order valence-electron chi connectivity index (χ2n) is 8.28. The molecule has 4 aromatic carbocycles. The highest BCUT2D eigenvalue weighted by Gasteiger charge is 2.43. The van der Waals surface area contributed by atoms with Gasteiger partial charge in [0.25, 0.3) is 0 Å². The molecule has 5 rings (SSSR count). The van der Waals surface area contributed by atoms with Crippen LogP contribution in [0.2, 0.25) is 0 Å². The average molecular weight is 436 g/mol. The van der Waals surface area contributed by atoms with Gasteiger partial charge in [-0.05, 0) is 48.7 Å². The monoisotopic (exact) mass is 436 g/mol. The van der Waals surface area contributed by atoms with E-state index < -0.39 is 7.14 Å². The van der Waals surface area contributed by atoms with Crippen LogP contribution in [-0.2, 0) is 4.57 Å². The van der Waals surface area contributed by atoms with Crippen LogP contribution in [0.25, 0.3) is 10.9 Å². The fraction of sp³-hybridized carbons (Fsp3) is 0.103. The van der Waals surface area contributed by atoms with Crippen LogP contribution < -0.4 is 15.3 Å². The Morgan fingerprint density at radius 1 is 0.688 bits per heavy atom. The number of aryl methyl sites for hydroxylation is 2. The van der Waals surface area contributed by atoms with Crippen molar-refractivity contribution in [2.75, 3.05) is 7.11 Å². The van der Waals surface area contributed by atoms with E-state index in [0.717, 1.165) is 38.2 Å². The fourth-order valence-corrected chi connectivity index (χ4v) is 7.75. The first-order valence-corrected chi connectivity index (χ1v) is 12.5. The minimum absolute atomic E-state index is 0.716. The van der Waals surface area contributed by atoms with Gasteiger partial charge >= 0.3 is 0 Å². The number of benzene rings is 4. The molecule has 1 aliphatic rings. The Hall–Kier alpha value is -3.35. The Morgan fingerprint density at radius 3 is 1.88 bits per heavy atom. The van der Waals surface area contributed by atoms with Crippen LogP contribution >= 0.6 is 7.14 Å². The maximum Gasteiger partial charge on any atom is 0.172 e. The standard InChI is InChI=1S/C29H25O2P/c1-20-9-13-22(14-10-20)28-26-18-17-24(31-3)19-27(26)32(30,25-7-5-4-6-8-25)29(28)23-15-11-21(2)12-16-23/h4-19H,1-3H3. The summed E-state index contributed by atoms with van der Waals surface area (Å²) >= 11 is 0.